The zero-order valence-corrected chi connectivity index (χ0v) is 14.1. The van der Waals surface area contributed by atoms with Crippen molar-refractivity contribution in [2.24, 2.45) is 5.73 Å². The van der Waals surface area contributed by atoms with Crippen LogP contribution in [-0.2, 0) is 11.3 Å². The fourth-order valence-corrected chi connectivity index (χ4v) is 2.76. The zero-order valence-electron chi connectivity index (χ0n) is 13.3. The predicted octanol–water partition coefficient (Wildman–Crippen LogP) is 1.72. The molecule has 2 N–H and O–H groups in total. The van der Waals surface area contributed by atoms with Gasteiger partial charge >= 0.3 is 0 Å². The molecule has 1 heterocycles. The highest BCUT2D eigenvalue weighted by Gasteiger charge is 2.10. The summed E-state index contributed by atoms with van der Waals surface area (Å²) in [6.07, 6.45) is 0. The number of fused-ring (bicyclic) bond motifs is 1. The van der Waals surface area contributed by atoms with Gasteiger partial charge in [-0.2, -0.15) is 0 Å². The Morgan fingerprint density at radius 3 is 2.68 bits per heavy atom. The molecule has 6 nitrogen and oxygen atoms in total. The molecule has 0 saturated heterocycles. The number of rotatable bonds is 9. The van der Waals surface area contributed by atoms with E-state index in [0.717, 1.165) is 21.8 Å². The van der Waals surface area contributed by atoms with Gasteiger partial charge in [0.1, 0.15) is 11.6 Å². The Balaban J connectivity index is 1.94. The topological polar surface area (TPSA) is 69.8 Å². The van der Waals surface area contributed by atoms with Crippen LogP contribution in [0.2, 0.25) is 0 Å². The second-order valence-electron chi connectivity index (χ2n) is 5.05. The van der Waals surface area contributed by atoms with Gasteiger partial charge < -0.3 is 24.8 Å². The van der Waals surface area contributed by atoms with Crippen LogP contribution < -0.4 is 15.2 Å². The first-order valence-corrected chi connectivity index (χ1v) is 7.98. The van der Waals surface area contributed by atoms with Crippen molar-refractivity contribution in [1.29, 1.82) is 0 Å². The van der Waals surface area contributed by atoms with Gasteiger partial charge in [0.15, 0.2) is 11.5 Å². The van der Waals surface area contributed by atoms with Crippen molar-refractivity contribution in [3.63, 3.8) is 0 Å². The minimum absolute atomic E-state index is 0.442. The molecule has 0 atom stereocenters. The molecule has 0 amide bonds. The third kappa shape index (κ3) is 4.54. The van der Waals surface area contributed by atoms with Gasteiger partial charge in [-0.15, -0.1) is 11.3 Å². The predicted molar refractivity (Wildman–Crippen MR) is 88.9 cm³/mol. The summed E-state index contributed by atoms with van der Waals surface area (Å²) in [5.74, 6) is 1.38. The smallest absolute Gasteiger partial charge is 0.163 e. The van der Waals surface area contributed by atoms with Crippen LogP contribution in [0.5, 0.6) is 11.5 Å². The molecule has 7 heteroatoms. The Labute approximate surface area is 134 Å². The minimum Gasteiger partial charge on any atom is -0.493 e. The molecule has 0 spiro atoms. The van der Waals surface area contributed by atoms with E-state index in [9.17, 15) is 0 Å². The van der Waals surface area contributed by atoms with Gasteiger partial charge in [-0.3, -0.25) is 0 Å². The molecule has 122 valence electrons. The Morgan fingerprint density at radius 2 is 2.00 bits per heavy atom. The van der Waals surface area contributed by atoms with E-state index in [1.165, 1.54) is 0 Å². The number of nitrogens with two attached hydrogens (primary N) is 1. The number of hydrogen-bond donors (Lipinski definition) is 1. The summed E-state index contributed by atoms with van der Waals surface area (Å²) in [7, 11) is 5.67. The normalized spacial score (nSPS) is 11.3. The standard InChI is InChI=1S/C15H23N3O3S/c1-18(2)4-5-20-6-7-21-13-8-11-14(9-12(13)19-3)22-15(10-16)17-11/h8-9H,4-7,10,16H2,1-3H3. The van der Waals surface area contributed by atoms with Crippen molar-refractivity contribution in [3.05, 3.63) is 17.1 Å². The summed E-state index contributed by atoms with van der Waals surface area (Å²) in [6, 6.07) is 3.83. The molecule has 22 heavy (non-hydrogen) atoms. The van der Waals surface area contributed by atoms with Crippen LogP contribution in [0.4, 0.5) is 0 Å². The average molecular weight is 325 g/mol. The largest absolute Gasteiger partial charge is 0.493 e. The Morgan fingerprint density at radius 1 is 1.18 bits per heavy atom. The Hall–Kier alpha value is -1.41. The second-order valence-corrected chi connectivity index (χ2v) is 6.16. The minimum atomic E-state index is 0.442. The number of aromatic nitrogens is 1. The van der Waals surface area contributed by atoms with Crippen molar-refractivity contribution >= 4 is 21.6 Å². The average Bonchev–Trinajstić information content (AvgIpc) is 2.91. The third-order valence-electron chi connectivity index (χ3n) is 3.06. The summed E-state index contributed by atoms with van der Waals surface area (Å²) in [6.45, 7) is 3.05. The molecule has 1 aromatic carbocycles. The maximum atomic E-state index is 5.76. The van der Waals surface area contributed by atoms with Crippen molar-refractivity contribution < 1.29 is 14.2 Å². The van der Waals surface area contributed by atoms with Crippen LogP contribution in [0, 0.1) is 0 Å². The molecule has 0 bridgehead atoms. The number of benzene rings is 1. The van der Waals surface area contributed by atoms with Gasteiger partial charge in [0.25, 0.3) is 0 Å². The van der Waals surface area contributed by atoms with Gasteiger partial charge in [0.05, 0.1) is 30.5 Å². The van der Waals surface area contributed by atoms with Crippen LogP contribution >= 0.6 is 11.3 Å². The maximum absolute atomic E-state index is 5.76. The lowest BCUT2D eigenvalue weighted by Gasteiger charge is -2.12. The first kappa shape index (κ1) is 17.0. The van der Waals surface area contributed by atoms with E-state index in [4.69, 9.17) is 19.9 Å². The lowest BCUT2D eigenvalue weighted by atomic mass is 10.3. The lowest BCUT2D eigenvalue weighted by Crippen LogP contribution is -2.19. The van der Waals surface area contributed by atoms with Gasteiger partial charge in [-0.25, -0.2) is 4.98 Å². The number of nitrogens with zero attached hydrogens (tertiary/aromatic N) is 2. The van der Waals surface area contributed by atoms with E-state index >= 15 is 0 Å². The number of methoxy groups -OCH3 is 1. The van der Waals surface area contributed by atoms with E-state index in [2.05, 4.69) is 9.88 Å². The lowest BCUT2D eigenvalue weighted by molar-refractivity contribution is 0.0881. The highest BCUT2D eigenvalue weighted by Crippen LogP contribution is 2.34. The van der Waals surface area contributed by atoms with Gasteiger partial charge in [0, 0.05) is 25.2 Å². The van der Waals surface area contributed by atoms with E-state index < -0.39 is 0 Å². The van der Waals surface area contributed by atoms with E-state index in [1.807, 2.05) is 26.2 Å². The maximum Gasteiger partial charge on any atom is 0.163 e. The summed E-state index contributed by atoms with van der Waals surface area (Å²) >= 11 is 1.57. The molecule has 0 unspecified atom stereocenters. The van der Waals surface area contributed by atoms with Gasteiger partial charge in [-0.1, -0.05) is 0 Å². The molecule has 0 aliphatic heterocycles. The molecule has 0 aliphatic rings. The van der Waals surface area contributed by atoms with Crippen molar-refractivity contribution in [2.45, 2.75) is 6.54 Å². The van der Waals surface area contributed by atoms with Crippen molar-refractivity contribution in [1.82, 2.24) is 9.88 Å². The van der Waals surface area contributed by atoms with Crippen LogP contribution in [0.25, 0.3) is 10.2 Å². The molecule has 2 rings (SSSR count). The molecule has 0 radical (unpaired) electrons. The fourth-order valence-electron chi connectivity index (χ4n) is 1.90. The first-order valence-electron chi connectivity index (χ1n) is 7.17. The van der Waals surface area contributed by atoms with Gasteiger partial charge in [0.2, 0.25) is 0 Å². The van der Waals surface area contributed by atoms with E-state index in [1.54, 1.807) is 18.4 Å². The summed E-state index contributed by atoms with van der Waals surface area (Å²) in [4.78, 5) is 6.54. The number of thiazole rings is 1. The van der Waals surface area contributed by atoms with Crippen molar-refractivity contribution in [3.8, 4) is 11.5 Å². The van der Waals surface area contributed by atoms with Crippen LogP contribution in [0.3, 0.4) is 0 Å². The Kier molecular flexibility index (Phi) is 6.38. The highest BCUT2D eigenvalue weighted by molar-refractivity contribution is 7.18. The Bertz CT molecular complexity index is 601. The SMILES string of the molecule is COc1cc2sc(CN)nc2cc1OCCOCCN(C)C. The first-order chi connectivity index (χ1) is 10.6. The zero-order chi connectivity index (χ0) is 15.9. The van der Waals surface area contributed by atoms with Crippen LogP contribution in [0.15, 0.2) is 12.1 Å². The summed E-state index contributed by atoms with van der Waals surface area (Å²) in [5, 5.41) is 0.904. The summed E-state index contributed by atoms with van der Waals surface area (Å²) < 4.78 is 17.7. The monoisotopic (exact) mass is 325 g/mol. The molecular weight excluding hydrogens is 302 g/mol. The number of likely N-dealkylation sites (N-methyl/N-ethyl adjacent to an activating group) is 1. The fraction of sp³-hybridized carbons (Fsp3) is 0.533. The molecule has 0 aliphatic carbocycles. The molecule has 2 aromatic rings. The third-order valence-corrected chi connectivity index (χ3v) is 4.10. The quantitative estimate of drug-likeness (QED) is 0.708. The molecule has 0 fully saturated rings. The van der Waals surface area contributed by atoms with E-state index in [0.29, 0.717) is 37.9 Å². The van der Waals surface area contributed by atoms with Crippen LogP contribution in [-0.4, -0.2) is 57.5 Å². The molecule has 0 saturated carbocycles. The second kappa shape index (κ2) is 8.28. The number of ether oxygens (including phenoxy) is 3. The molecular formula is C15H23N3O3S. The highest BCUT2D eigenvalue weighted by atomic mass is 32.1. The number of hydrogen-bond acceptors (Lipinski definition) is 7. The molecule has 1 aromatic heterocycles. The van der Waals surface area contributed by atoms with Crippen molar-refractivity contribution in [2.75, 3.05) is 47.6 Å². The van der Waals surface area contributed by atoms with Crippen LogP contribution in [0.1, 0.15) is 5.01 Å². The summed E-state index contributed by atoms with van der Waals surface area (Å²) in [5.41, 5.74) is 6.52. The van der Waals surface area contributed by atoms with Gasteiger partial charge in [-0.05, 0) is 14.1 Å². The van der Waals surface area contributed by atoms with E-state index in [-0.39, 0.29) is 0 Å².